The molecular weight excluding hydrogens is 570 g/mol. The number of aryl methyl sites for hydroxylation is 2. The fraction of sp³-hybridized carbons (Fsp3) is 0.355. The van der Waals surface area contributed by atoms with Crippen LogP contribution in [0.4, 0.5) is 17.6 Å². The molecule has 1 heterocycles. The highest BCUT2D eigenvalue weighted by molar-refractivity contribution is 5.97. The third kappa shape index (κ3) is 7.88. The molecule has 0 saturated carbocycles. The van der Waals surface area contributed by atoms with Crippen LogP contribution >= 0.6 is 0 Å². The van der Waals surface area contributed by atoms with Crippen LogP contribution in [0.3, 0.4) is 0 Å². The number of esters is 1. The number of halogens is 4. The summed E-state index contributed by atoms with van der Waals surface area (Å²) < 4.78 is 61.7. The van der Waals surface area contributed by atoms with E-state index in [1.54, 1.807) is 13.8 Å². The highest BCUT2D eigenvalue weighted by Gasteiger charge is 2.29. The summed E-state index contributed by atoms with van der Waals surface area (Å²) in [5.74, 6) is -5.22. The summed E-state index contributed by atoms with van der Waals surface area (Å²) in [5.41, 5.74) is 0.369. The van der Waals surface area contributed by atoms with E-state index in [0.717, 1.165) is 35.5 Å². The zero-order valence-corrected chi connectivity index (χ0v) is 24.2. The number of carbonyl (C=O) groups is 3. The number of aromatic nitrogens is 1. The molecule has 0 spiro atoms. The molecule has 0 aliphatic carbocycles. The fourth-order valence-electron chi connectivity index (χ4n) is 4.81. The quantitative estimate of drug-likeness (QED) is 0.210. The Hall–Kier alpha value is -4.48. The van der Waals surface area contributed by atoms with Gasteiger partial charge in [-0.05, 0) is 73.7 Å². The monoisotopic (exact) mass is 603 g/mol. The molecule has 2 amide bonds. The zero-order chi connectivity index (χ0) is 31.8. The van der Waals surface area contributed by atoms with Crippen molar-refractivity contribution in [1.82, 2.24) is 15.2 Å². The van der Waals surface area contributed by atoms with Crippen molar-refractivity contribution in [2.75, 3.05) is 6.61 Å². The Bertz CT molecular complexity index is 1540. The van der Waals surface area contributed by atoms with E-state index < -0.39 is 65.6 Å². The normalized spacial score (nSPS) is 12.5. The van der Waals surface area contributed by atoms with Crippen LogP contribution < -0.4 is 16.2 Å². The Balaban J connectivity index is 2.00. The van der Waals surface area contributed by atoms with Crippen LogP contribution in [0.1, 0.15) is 72.7 Å². The topological polar surface area (TPSA) is 107 Å². The third-order valence-corrected chi connectivity index (χ3v) is 6.82. The van der Waals surface area contributed by atoms with E-state index in [9.17, 15) is 32.3 Å². The number of carbonyl (C=O) groups excluding carboxylic acids is 3. The van der Waals surface area contributed by atoms with Gasteiger partial charge in [-0.15, -0.1) is 0 Å². The number of hydrogen-bond acceptors (Lipinski definition) is 5. The number of hydrogen-bond donors (Lipinski definition) is 2. The van der Waals surface area contributed by atoms with E-state index in [1.165, 1.54) is 6.07 Å². The van der Waals surface area contributed by atoms with Crippen molar-refractivity contribution < 1.29 is 36.7 Å². The average molecular weight is 604 g/mol. The lowest BCUT2D eigenvalue weighted by Gasteiger charge is -2.24. The second-order valence-corrected chi connectivity index (χ2v) is 9.93. The highest BCUT2D eigenvalue weighted by Crippen LogP contribution is 2.33. The maximum atomic E-state index is 15.3. The smallest absolute Gasteiger partial charge is 0.321 e. The second-order valence-electron chi connectivity index (χ2n) is 9.93. The van der Waals surface area contributed by atoms with Crippen LogP contribution in [0.25, 0.3) is 11.1 Å². The molecule has 0 aliphatic heterocycles. The minimum Gasteiger partial charge on any atom is -0.466 e. The number of ether oxygens (including phenoxy) is 1. The molecule has 0 unspecified atom stereocenters. The number of benzene rings is 2. The molecule has 1 aromatic heterocycles. The van der Waals surface area contributed by atoms with Crippen LogP contribution in [0.2, 0.25) is 0 Å². The molecule has 2 atom stereocenters. The maximum Gasteiger partial charge on any atom is 0.321 e. The summed E-state index contributed by atoms with van der Waals surface area (Å²) in [6.45, 7) is 3.70. The number of pyridine rings is 1. The van der Waals surface area contributed by atoms with Crippen molar-refractivity contribution in [2.45, 2.75) is 65.6 Å². The lowest BCUT2D eigenvalue weighted by atomic mass is 9.92. The van der Waals surface area contributed by atoms with Gasteiger partial charge in [0.25, 0.3) is 11.5 Å². The Morgan fingerprint density at radius 2 is 1.65 bits per heavy atom. The first-order chi connectivity index (χ1) is 20.4. The first kappa shape index (κ1) is 33.0. The van der Waals surface area contributed by atoms with Gasteiger partial charge in [0.15, 0.2) is 11.6 Å². The standard InChI is InChI=1S/C31H33F4N3O5/c1-5-9-23(36-28(40)20-12-8-13-38(30(20)42)31(34)35)29(41)37-24(16-25(39)43-6-2)21-14-19(15-22(32)27(21)33)26-17(3)10-7-11-18(26)4/h7-8,10-15,23-24,31H,5-6,9,16H2,1-4H3,(H,36,40)(H,37,41)/t23-,24-/m0/s1. The minimum absolute atomic E-state index is 0.000522. The molecule has 3 aromatic rings. The van der Waals surface area contributed by atoms with Crippen LogP contribution in [0, 0.1) is 25.5 Å². The van der Waals surface area contributed by atoms with Gasteiger partial charge in [0.1, 0.15) is 11.6 Å². The summed E-state index contributed by atoms with van der Waals surface area (Å²) in [6, 6.07) is 7.23. The SMILES string of the molecule is CCC[C@H](NC(=O)c1cccn(C(F)F)c1=O)C(=O)N[C@@H](CC(=O)OCC)c1cc(-c2c(C)cccc2C)cc(F)c1F. The highest BCUT2D eigenvalue weighted by atomic mass is 19.3. The molecule has 3 rings (SSSR count). The minimum atomic E-state index is -3.19. The van der Waals surface area contributed by atoms with E-state index in [4.69, 9.17) is 4.74 Å². The molecule has 0 fully saturated rings. The first-order valence-corrected chi connectivity index (χ1v) is 13.7. The van der Waals surface area contributed by atoms with E-state index in [1.807, 2.05) is 32.0 Å². The molecular formula is C31H33F4N3O5. The fourth-order valence-corrected chi connectivity index (χ4v) is 4.81. The summed E-state index contributed by atoms with van der Waals surface area (Å²) in [5, 5.41) is 4.88. The summed E-state index contributed by atoms with van der Waals surface area (Å²) >= 11 is 0. The van der Waals surface area contributed by atoms with Crippen molar-refractivity contribution in [2.24, 2.45) is 0 Å². The van der Waals surface area contributed by atoms with Crippen LogP contribution in [0.5, 0.6) is 0 Å². The van der Waals surface area contributed by atoms with E-state index in [2.05, 4.69) is 10.6 Å². The molecule has 0 radical (unpaired) electrons. The Labute approximate surface area is 246 Å². The third-order valence-electron chi connectivity index (χ3n) is 6.82. The summed E-state index contributed by atoms with van der Waals surface area (Å²) in [6.07, 6.45) is 0.664. The van der Waals surface area contributed by atoms with Crippen LogP contribution in [-0.4, -0.2) is 35.0 Å². The molecule has 43 heavy (non-hydrogen) atoms. The van der Waals surface area contributed by atoms with Crippen molar-refractivity contribution in [3.05, 3.63) is 92.9 Å². The zero-order valence-electron chi connectivity index (χ0n) is 24.2. The van der Waals surface area contributed by atoms with Crippen molar-refractivity contribution in [3.63, 3.8) is 0 Å². The number of amides is 2. The molecule has 0 aliphatic rings. The van der Waals surface area contributed by atoms with Gasteiger partial charge < -0.3 is 15.4 Å². The lowest BCUT2D eigenvalue weighted by Crippen LogP contribution is -2.49. The van der Waals surface area contributed by atoms with Crippen molar-refractivity contribution >= 4 is 17.8 Å². The van der Waals surface area contributed by atoms with Gasteiger partial charge in [-0.3, -0.25) is 23.7 Å². The molecule has 0 bridgehead atoms. The molecule has 2 aromatic carbocycles. The predicted octanol–water partition coefficient (Wildman–Crippen LogP) is 5.51. The van der Waals surface area contributed by atoms with E-state index in [0.29, 0.717) is 17.5 Å². The van der Waals surface area contributed by atoms with Crippen LogP contribution in [-0.2, 0) is 14.3 Å². The number of nitrogens with zero attached hydrogens (tertiary/aromatic N) is 1. The first-order valence-electron chi connectivity index (χ1n) is 13.7. The number of nitrogens with one attached hydrogen (secondary N) is 2. The molecule has 230 valence electrons. The van der Waals surface area contributed by atoms with Crippen LogP contribution in [0.15, 0.2) is 53.5 Å². The Morgan fingerprint density at radius 3 is 2.26 bits per heavy atom. The summed E-state index contributed by atoms with van der Waals surface area (Å²) in [4.78, 5) is 51.2. The Kier molecular flexibility index (Phi) is 11.2. The van der Waals surface area contributed by atoms with E-state index in [-0.39, 0.29) is 23.2 Å². The number of rotatable bonds is 12. The van der Waals surface area contributed by atoms with Gasteiger partial charge in [-0.1, -0.05) is 31.5 Å². The number of alkyl halides is 2. The van der Waals surface area contributed by atoms with Crippen molar-refractivity contribution in [1.29, 1.82) is 0 Å². The van der Waals surface area contributed by atoms with Gasteiger partial charge in [0.2, 0.25) is 5.91 Å². The van der Waals surface area contributed by atoms with Gasteiger partial charge >= 0.3 is 12.5 Å². The average Bonchev–Trinajstić information content (AvgIpc) is 2.94. The molecule has 2 N–H and O–H groups in total. The Morgan fingerprint density at radius 1 is 0.977 bits per heavy atom. The van der Waals surface area contributed by atoms with Gasteiger partial charge in [0, 0.05) is 11.8 Å². The second kappa shape index (κ2) is 14.6. The van der Waals surface area contributed by atoms with Gasteiger partial charge in [-0.25, -0.2) is 8.78 Å². The lowest BCUT2D eigenvalue weighted by molar-refractivity contribution is -0.143. The maximum absolute atomic E-state index is 15.3. The van der Waals surface area contributed by atoms with E-state index >= 15 is 4.39 Å². The summed E-state index contributed by atoms with van der Waals surface area (Å²) in [7, 11) is 0. The van der Waals surface area contributed by atoms with Crippen molar-refractivity contribution in [3.8, 4) is 11.1 Å². The van der Waals surface area contributed by atoms with Gasteiger partial charge in [-0.2, -0.15) is 8.78 Å². The molecule has 0 saturated heterocycles. The predicted molar refractivity (Wildman–Crippen MR) is 152 cm³/mol. The van der Waals surface area contributed by atoms with Gasteiger partial charge in [0.05, 0.1) is 19.1 Å². The largest absolute Gasteiger partial charge is 0.466 e. The molecule has 12 heteroatoms. The molecule has 8 nitrogen and oxygen atoms in total.